The van der Waals surface area contributed by atoms with E-state index in [-0.39, 0.29) is 12.3 Å². The van der Waals surface area contributed by atoms with Crippen molar-refractivity contribution in [2.45, 2.75) is 24.8 Å². The standard InChI is InChI=1S/C9H16N2O5S/c1-17(15,16)6-5-10-8(14)11-9(7(12)13)3-2-4-9/h2-6H2,1H3,(H,12,13)(H2,10,11,14). The third-order valence-corrected chi connectivity index (χ3v) is 3.67. The minimum absolute atomic E-state index is 0.0274. The molecule has 0 radical (unpaired) electrons. The fourth-order valence-corrected chi connectivity index (χ4v) is 2.01. The van der Waals surface area contributed by atoms with Crippen LogP contribution in [-0.2, 0) is 14.6 Å². The second-order valence-electron chi connectivity index (χ2n) is 4.25. The molecule has 8 heteroatoms. The predicted molar refractivity (Wildman–Crippen MR) is 60.5 cm³/mol. The second-order valence-corrected chi connectivity index (χ2v) is 6.51. The summed E-state index contributed by atoms with van der Waals surface area (Å²) in [5.41, 5.74) is -1.17. The smallest absolute Gasteiger partial charge is 0.329 e. The molecule has 1 fully saturated rings. The maximum Gasteiger partial charge on any atom is 0.329 e. The first kappa shape index (κ1) is 13.8. The van der Waals surface area contributed by atoms with Gasteiger partial charge in [0.15, 0.2) is 0 Å². The lowest BCUT2D eigenvalue weighted by Gasteiger charge is -2.38. The van der Waals surface area contributed by atoms with Crippen molar-refractivity contribution in [3.63, 3.8) is 0 Å². The number of hydrogen-bond donors (Lipinski definition) is 3. The van der Waals surface area contributed by atoms with E-state index in [1.165, 1.54) is 0 Å². The van der Waals surface area contributed by atoms with Crippen LogP contribution in [0.25, 0.3) is 0 Å². The Bertz CT molecular complexity index is 413. The monoisotopic (exact) mass is 264 g/mol. The van der Waals surface area contributed by atoms with Crippen molar-refractivity contribution >= 4 is 21.8 Å². The summed E-state index contributed by atoms with van der Waals surface area (Å²) in [6.45, 7) is -0.0274. The van der Waals surface area contributed by atoms with Crippen molar-refractivity contribution in [1.82, 2.24) is 10.6 Å². The number of carboxylic acid groups (broad SMARTS) is 1. The average Bonchev–Trinajstić information content (AvgIpc) is 2.08. The molecule has 3 N–H and O–H groups in total. The number of hydrogen-bond acceptors (Lipinski definition) is 4. The van der Waals surface area contributed by atoms with E-state index in [0.29, 0.717) is 12.8 Å². The summed E-state index contributed by atoms with van der Waals surface area (Å²) in [5.74, 6) is -1.22. The predicted octanol–water partition coefficient (Wildman–Crippen LogP) is -0.662. The molecule has 2 amide bonds. The quantitative estimate of drug-likeness (QED) is 0.610. The van der Waals surface area contributed by atoms with Crippen molar-refractivity contribution in [3.8, 4) is 0 Å². The fourth-order valence-electron chi connectivity index (χ4n) is 1.53. The molecule has 0 aromatic rings. The Balaban J connectivity index is 2.37. The summed E-state index contributed by atoms with van der Waals surface area (Å²) in [6.07, 6.45) is 2.64. The van der Waals surface area contributed by atoms with Gasteiger partial charge < -0.3 is 15.7 Å². The van der Waals surface area contributed by atoms with Gasteiger partial charge in [-0.1, -0.05) is 0 Å². The molecule has 0 bridgehead atoms. The van der Waals surface area contributed by atoms with Gasteiger partial charge in [0.25, 0.3) is 0 Å². The van der Waals surface area contributed by atoms with Crippen LogP contribution in [0.5, 0.6) is 0 Å². The number of carbonyl (C=O) groups excluding carboxylic acids is 1. The van der Waals surface area contributed by atoms with Crippen LogP contribution in [0.1, 0.15) is 19.3 Å². The lowest BCUT2D eigenvalue weighted by Crippen LogP contribution is -2.61. The van der Waals surface area contributed by atoms with E-state index in [4.69, 9.17) is 5.11 Å². The van der Waals surface area contributed by atoms with Crippen LogP contribution in [0.4, 0.5) is 4.79 Å². The largest absolute Gasteiger partial charge is 0.480 e. The summed E-state index contributed by atoms with van der Waals surface area (Å²) in [7, 11) is -3.13. The van der Waals surface area contributed by atoms with E-state index in [1.54, 1.807) is 0 Å². The Morgan fingerprint density at radius 1 is 1.35 bits per heavy atom. The van der Waals surface area contributed by atoms with E-state index >= 15 is 0 Å². The van der Waals surface area contributed by atoms with Crippen LogP contribution in [0.3, 0.4) is 0 Å². The summed E-state index contributed by atoms with van der Waals surface area (Å²) in [6, 6.07) is -0.643. The lowest BCUT2D eigenvalue weighted by molar-refractivity contribution is -0.148. The SMILES string of the molecule is CS(=O)(=O)CCNC(=O)NC1(C(=O)O)CCC1. The van der Waals surface area contributed by atoms with E-state index in [1.807, 2.05) is 0 Å². The molecule has 1 rings (SSSR count). The maximum atomic E-state index is 11.4. The lowest BCUT2D eigenvalue weighted by atomic mass is 9.77. The molecule has 0 atom stereocenters. The third-order valence-electron chi connectivity index (χ3n) is 2.73. The van der Waals surface area contributed by atoms with E-state index in [9.17, 15) is 18.0 Å². The first-order chi connectivity index (χ1) is 7.75. The highest BCUT2D eigenvalue weighted by molar-refractivity contribution is 7.90. The van der Waals surface area contributed by atoms with E-state index in [2.05, 4.69) is 10.6 Å². The Hall–Kier alpha value is -1.31. The molecule has 0 heterocycles. The molecule has 0 unspecified atom stereocenters. The van der Waals surface area contributed by atoms with Crippen molar-refractivity contribution < 1.29 is 23.1 Å². The van der Waals surface area contributed by atoms with Gasteiger partial charge in [0, 0.05) is 12.8 Å². The number of nitrogens with one attached hydrogen (secondary N) is 2. The van der Waals surface area contributed by atoms with Gasteiger partial charge in [-0.3, -0.25) is 0 Å². The molecule has 7 nitrogen and oxygen atoms in total. The van der Waals surface area contributed by atoms with Gasteiger partial charge in [-0.2, -0.15) is 0 Å². The van der Waals surface area contributed by atoms with Crippen LogP contribution in [-0.4, -0.2) is 49.6 Å². The van der Waals surface area contributed by atoms with Crippen LogP contribution in [0.2, 0.25) is 0 Å². The molecular formula is C9H16N2O5S. The molecule has 17 heavy (non-hydrogen) atoms. The highest BCUT2D eigenvalue weighted by atomic mass is 32.2. The number of carboxylic acids is 1. The molecule has 1 saturated carbocycles. The zero-order chi connectivity index (χ0) is 13.1. The van der Waals surface area contributed by atoms with Gasteiger partial charge in [-0.25, -0.2) is 18.0 Å². The molecule has 0 aliphatic heterocycles. The molecule has 0 aromatic heterocycles. The Morgan fingerprint density at radius 2 is 1.94 bits per heavy atom. The number of sulfone groups is 1. The molecule has 0 saturated heterocycles. The Labute approximate surface area is 99.5 Å². The third kappa shape index (κ3) is 3.88. The van der Waals surface area contributed by atoms with Crippen LogP contribution in [0, 0.1) is 0 Å². The van der Waals surface area contributed by atoms with Crippen LogP contribution in [0.15, 0.2) is 0 Å². The number of rotatable bonds is 5. The topological polar surface area (TPSA) is 113 Å². The highest BCUT2D eigenvalue weighted by Gasteiger charge is 2.45. The van der Waals surface area contributed by atoms with Gasteiger partial charge in [0.2, 0.25) is 0 Å². The van der Waals surface area contributed by atoms with Crippen molar-refractivity contribution in [3.05, 3.63) is 0 Å². The van der Waals surface area contributed by atoms with Gasteiger partial charge in [0.05, 0.1) is 5.75 Å². The zero-order valence-corrected chi connectivity index (χ0v) is 10.3. The number of urea groups is 1. The van der Waals surface area contributed by atoms with Crippen LogP contribution >= 0.6 is 0 Å². The summed E-state index contributed by atoms with van der Waals surface area (Å²) in [5, 5.41) is 13.6. The second kappa shape index (κ2) is 4.91. The van der Waals surface area contributed by atoms with Gasteiger partial charge in [0.1, 0.15) is 15.4 Å². The number of amides is 2. The minimum Gasteiger partial charge on any atom is -0.480 e. The van der Waals surface area contributed by atoms with Crippen molar-refractivity contribution in [2.24, 2.45) is 0 Å². The van der Waals surface area contributed by atoms with Crippen LogP contribution < -0.4 is 10.6 Å². The summed E-state index contributed by atoms with van der Waals surface area (Å²) < 4.78 is 21.6. The van der Waals surface area contributed by atoms with E-state index in [0.717, 1.165) is 12.7 Å². The number of aliphatic carboxylic acids is 1. The van der Waals surface area contributed by atoms with E-state index < -0.39 is 27.4 Å². The normalized spacial score (nSPS) is 17.9. The summed E-state index contributed by atoms with van der Waals surface area (Å²) in [4.78, 5) is 22.3. The first-order valence-corrected chi connectivity index (χ1v) is 7.28. The molecule has 1 aliphatic carbocycles. The number of carbonyl (C=O) groups is 2. The fraction of sp³-hybridized carbons (Fsp3) is 0.778. The first-order valence-electron chi connectivity index (χ1n) is 5.22. The Morgan fingerprint density at radius 3 is 2.29 bits per heavy atom. The average molecular weight is 264 g/mol. The van der Waals surface area contributed by atoms with Gasteiger partial charge in [-0.15, -0.1) is 0 Å². The molecule has 98 valence electrons. The molecule has 1 aliphatic rings. The Kier molecular flexibility index (Phi) is 3.97. The molecular weight excluding hydrogens is 248 g/mol. The molecule has 0 spiro atoms. The van der Waals surface area contributed by atoms with Crippen molar-refractivity contribution in [1.29, 1.82) is 0 Å². The maximum absolute atomic E-state index is 11.4. The molecule has 0 aromatic carbocycles. The van der Waals surface area contributed by atoms with Gasteiger partial charge in [-0.05, 0) is 19.3 Å². The van der Waals surface area contributed by atoms with Gasteiger partial charge >= 0.3 is 12.0 Å². The zero-order valence-electron chi connectivity index (χ0n) is 9.52. The summed E-state index contributed by atoms with van der Waals surface area (Å²) >= 11 is 0. The minimum atomic E-state index is -3.13. The van der Waals surface area contributed by atoms with Crippen molar-refractivity contribution in [2.75, 3.05) is 18.6 Å². The highest BCUT2D eigenvalue weighted by Crippen LogP contribution is 2.31.